The van der Waals surface area contributed by atoms with Crippen LogP contribution in [0, 0.1) is 0 Å². The molecule has 0 saturated heterocycles. The number of carbonyl (C=O) groups excluding carboxylic acids is 4. The van der Waals surface area contributed by atoms with E-state index in [0.29, 0.717) is 29.5 Å². The molecule has 304 valence electrons. The standard InChI is InChI=1S/C13H10O3.2C8H8O2.2C6H12.2C2H4O2/c14-13(15-11-7-3-1-4-8-11)16-12-9-5-2-6-10-12;2*1-7(9)10-8-5-3-2-4-6-8;2*1-2-4-6-5-3-1;1-4-2-3;1-2(3)4/h1-10H;2*2-6H,1H3;2*1-6H2;2H,1H3;1H3,(H,3,4). The Labute approximate surface area is 331 Å². The summed E-state index contributed by atoms with van der Waals surface area (Å²) in [6, 6.07) is 35.5. The third kappa shape index (κ3) is 35.1. The maximum atomic E-state index is 11.3. The van der Waals surface area contributed by atoms with Gasteiger partial charge in [0.1, 0.15) is 23.0 Å². The first-order valence-corrected chi connectivity index (χ1v) is 18.7. The highest BCUT2D eigenvalue weighted by atomic mass is 16.7. The molecule has 2 aliphatic carbocycles. The molecule has 0 aromatic heterocycles. The zero-order chi connectivity index (χ0) is 41.5. The predicted molar refractivity (Wildman–Crippen MR) is 217 cm³/mol. The molecular weight excluding hydrogens is 716 g/mol. The van der Waals surface area contributed by atoms with Crippen LogP contribution in [0.2, 0.25) is 0 Å². The quantitative estimate of drug-likeness (QED) is 0.0892. The third-order valence-electron chi connectivity index (χ3n) is 6.99. The average Bonchev–Trinajstić information content (AvgIpc) is 3.21. The van der Waals surface area contributed by atoms with Gasteiger partial charge in [-0.15, -0.1) is 0 Å². The van der Waals surface area contributed by atoms with Gasteiger partial charge in [0.15, 0.2) is 0 Å². The van der Waals surface area contributed by atoms with E-state index in [1.807, 2.05) is 48.5 Å². The molecule has 4 aromatic rings. The monoisotopic (exact) mass is 774 g/mol. The number of methoxy groups -OCH3 is 1. The molecule has 0 atom stereocenters. The van der Waals surface area contributed by atoms with Crippen molar-refractivity contribution < 1.29 is 52.8 Å². The van der Waals surface area contributed by atoms with Gasteiger partial charge < -0.3 is 28.8 Å². The second-order valence-corrected chi connectivity index (χ2v) is 12.0. The highest BCUT2D eigenvalue weighted by molar-refractivity contribution is 5.69. The molecule has 2 aliphatic rings. The van der Waals surface area contributed by atoms with Gasteiger partial charge in [0, 0.05) is 20.8 Å². The summed E-state index contributed by atoms with van der Waals surface area (Å²) < 4.78 is 23.3. The van der Waals surface area contributed by atoms with Crippen molar-refractivity contribution in [1.82, 2.24) is 0 Å². The largest absolute Gasteiger partial charge is 0.519 e. The number of carbonyl (C=O) groups is 5. The van der Waals surface area contributed by atoms with Crippen LogP contribution in [-0.2, 0) is 23.9 Å². The van der Waals surface area contributed by atoms with Gasteiger partial charge in [0.05, 0.1) is 7.11 Å². The Morgan fingerprint density at radius 3 is 0.768 bits per heavy atom. The average molecular weight is 775 g/mol. The Bertz CT molecular complexity index is 1410. The van der Waals surface area contributed by atoms with Gasteiger partial charge in [-0.05, 0) is 48.5 Å². The van der Waals surface area contributed by atoms with Crippen LogP contribution < -0.4 is 18.9 Å². The van der Waals surface area contributed by atoms with Crippen molar-refractivity contribution in [2.45, 2.75) is 97.8 Å². The number of carboxylic acid groups (broad SMARTS) is 1. The number of carboxylic acids is 1. The second kappa shape index (κ2) is 36.0. The summed E-state index contributed by atoms with van der Waals surface area (Å²) >= 11 is 0. The van der Waals surface area contributed by atoms with E-state index < -0.39 is 12.1 Å². The maximum Gasteiger partial charge on any atom is 0.519 e. The summed E-state index contributed by atoms with van der Waals surface area (Å²) in [7, 11) is 1.31. The van der Waals surface area contributed by atoms with Gasteiger partial charge in [0.2, 0.25) is 0 Å². The van der Waals surface area contributed by atoms with Crippen LogP contribution in [0.15, 0.2) is 121 Å². The molecule has 0 spiro atoms. The minimum atomic E-state index is -0.833. The molecule has 0 aliphatic heterocycles. The summed E-state index contributed by atoms with van der Waals surface area (Å²) in [5.41, 5.74) is 0. The number of rotatable bonds is 5. The molecular formula is C45H58O11. The Morgan fingerprint density at radius 2 is 0.607 bits per heavy atom. The van der Waals surface area contributed by atoms with Crippen LogP contribution in [0.25, 0.3) is 0 Å². The summed E-state index contributed by atoms with van der Waals surface area (Å²) in [5.74, 6) is 0.703. The molecule has 0 amide bonds. The van der Waals surface area contributed by atoms with Crippen molar-refractivity contribution in [2.24, 2.45) is 0 Å². The number of ether oxygens (including phenoxy) is 5. The number of esters is 2. The summed E-state index contributed by atoms with van der Waals surface area (Å²) in [5, 5.41) is 7.42. The summed E-state index contributed by atoms with van der Waals surface area (Å²) in [6.07, 6.45) is 17.3. The zero-order valence-corrected chi connectivity index (χ0v) is 33.1. The number of para-hydroxylation sites is 4. The fourth-order valence-electron chi connectivity index (χ4n) is 4.62. The number of hydrogen-bond donors (Lipinski definition) is 1. The molecule has 11 heteroatoms. The van der Waals surface area contributed by atoms with Gasteiger partial charge in [0.25, 0.3) is 12.4 Å². The number of hydrogen-bond acceptors (Lipinski definition) is 10. The minimum Gasteiger partial charge on any atom is -0.481 e. The third-order valence-corrected chi connectivity index (χ3v) is 6.99. The van der Waals surface area contributed by atoms with Gasteiger partial charge in [-0.3, -0.25) is 19.2 Å². The fourth-order valence-corrected chi connectivity index (χ4v) is 4.62. The lowest BCUT2D eigenvalue weighted by atomic mass is 10.0. The van der Waals surface area contributed by atoms with Crippen molar-refractivity contribution in [3.05, 3.63) is 121 Å². The molecule has 2 fully saturated rings. The maximum absolute atomic E-state index is 11.3. The van der Waals surface area contributed by atoms with E-state index >= 15 is 0 Å². The minimum absolute atomic E-state index is 0.286. The van der Waals surface area contributed by atoms with Crippen LogP contribution >= 0.6 is 0 Å². The van der Waals surface area contributed by atoms with Crippen molar-refractivity contribution in [1.29, 1.82) is 0 Å². The Kier molecular flexibility index (Phi) is 32.2. The number of aliphatic carboxylic acids is 1. The first-order chi connectivity index (χ1) is 27.1. The molecule has 0 unspecified atom stereocenters. The zero-order valence-electron chi connectivity index (χ0n) is 33.1. The molecule has 56 heavy (non-hydrogen) atoms. The lowest BCUT2D eigenvalue weighted by molar-refractivity contribution is -0.134. The van der Waals surface area contributed by atoms with E-state index in [2.05, 4.69) is 4.74 Å². The molecule has 0 bridgehead atoms. The lowest BCUT2D eigenvalue weighted by Crippen LogP contribution is -2.13. The van der Waals surface area contributed by atoms with Crippen molar-refractivity contribution in [2.75, 3.05) is 7.11 Å². The second-order valence-electron chi connectivity index (χ2n) is 12.0. The van der Waals surface area contributed by atoms with E-state index in [0.717, 1.165) is 6.92 Å². The number of benzene rings is 4. The summed E-state index contributed by atoms with van der Waals surface area (Å²) in [6.45, 7) is 4.22. The smallest absolute Gasteiger partial charge is 0.481 e. The van der Waals surface area contributed by atoms with E-state index in [1.165, 1.54) is 98.0 Å². The van der Waals surface area contributed by atoms with Gasteiger partial charge >= 0.3 is 18.1 Å². The van der Waals surface area contributed by atoms with Crippen LogP contribution in [-0.4, -0.2) is 42.8 Å². The normalized spacial score (nSPS) is 11.9. The molecule has 6 rings (SSSR count). The fraction of sp³-hybridized carbons (Fsp3) is 0.356. The SMILES string of the molecule is C1CCCCC1.C1CCCCC1.CC(=O)O.CC(=O)Oc1ccccc1.CC(=O)Oc1ccccc1.COC=O.O=C(Oc1ccccc1)Oc1ccccc1. The Morgan fingerprint density at radius 1 is 0.429 bits per heavy atom. The van der Waals surface area contributed by atoms with E-state index in [4.69, 9.17) is 33.6 Å². The van der Waals surface area contributed by atoms with E-state index in [9.17, 15) is 14.4 Å². The molecule has 0 radical (unpaired) electrons. The molecule has 4 aromatic carbocycles. The van der Waals surface area contributed by atoms with Crippen LogP contribution in [0.1, 0.15) is 97.8 Å². The van der Waals surface area contributed by atoms with Crippen molar-refractivity contribution in [3.63, 3.8) is 0 Å². The van der Waals surface area contributed by atoms with Crippen molar-refractivity contribution in [3.8, 4) is 23.0 Å². The molecule has 1 N–H and O–H groups in total. The highest BCUT2D eigenvalue weighted by Gasteiger charge is 2.06. The van der Waals surface area contributed by atoms with Gasteiger partial charge in [-0.25, -0.2) is 4.79 Å². The topological polar surface area (TPSA) is 152 Å². The lowest BCUT2D eigenvalue weighted by Gasteiger charge is -2.05. The van der Waals surface area contributed by atoms with E-state index in [-0.39, 0.29) is 11.9 Å². The molecule has 2 saturated carbocycles. The van der Waals surface area contributed by atoms with Crippen molar-refractivity contribution >= 4 is 30.5 Å². The van der Waals surface area contributed by atoms with Crippen LogP contribution in [0.4, 0.5) is 4.79 Å². The van der Waals surface area contributed by atoms with E-state index in [1.54, 1.807) is 72.8 Å². The Balaban J connectivity index is 0.000000668. The highest BCUT2D eigenvalue weighted by Crippen LogP contribution is 2.16. The van der Waals surface area contributed by atoms with Crippen LogP contribution in [0.3, 0.4) is 0 Å². The van der Waals surface area contributed by atoms with Gasteiger partial charge in [-0.1, -0.05) is 150 Å². The first-order valence-electron chi connectivity index (χ1n) is 18.7. The molecule has 0 heterocycles. The van der Waals surface area contributed by atoms with Gasteiger partial charge in [-0.2, -0.15) is 0 Å². The summed E-state index contributed by atoms with van der Waals surface area (Å²) in [4.78, 5) is 50.1. The first kappa shape index (κ1) is 50.0. The Hall–Kier alpha value is -5.97. The molecule has 11 nitrogen and oxygen atoms in total. The van der Waals surface area contributed by atoms with Crippen LogP contribution in [0.5, 0.6) is 23.0 Å². The predicted octanol–water partition coefficient (Wildman–Crippen LogP) is 11.0.